The lowest BCUT2D eigenvalue weighted by atomic mass is 10.2. The van der Waals surface area contributed by atoms with Crippen LogP contribution in [0.5, 0.6) is 0 Å². The fraction of sp³-hybridized carbons (Fsp3) is 0.250. The van der Waals surface area contributed by atoms with Crippen molar-refractivity contribution in [3.8, 4) is 6.07 Å². The van der Waals surface area contributed by atoms with Crippen LogP contribution in [0.1, 0.15) is 5.56 Å². The maximum atomic E-state index is 11.9. The molecule has 94 valence electrons. The summed E-state index contributed by atoms with van der Waals surface area (Å²) in [7, 11) is -3.89. The lowest BCUT2D eigenvalue weighted by Crippen LogP contribution is -2.08. The molecule has 6 heteroatoms. The average Bonchev–Trinajstić information content (AvgIpc) is 2.76. The van der Waals surface area contributed by atoms with E-state index in [2.05, 4.69) is 0 Å². The minimum Gasteiger partial charge on any atom is -0.380 e. The van der Waals surface area contributed by atoms with E-state index >= 15 is 0 Å². The van der Waals surface area contributed by atoms with Crippen molar-refractivity contribution in [3.63, 3.8) is 0 Å². The molecule has 0 unspecified atom stereocenters. The smallest absolute Gasteiger partial charge is 0.339 e. The molecule has 1 aromatic carbocycles. The van der Waals surface area contributed by atoms with Crippen LogP contribution in [0, 0.1) is 18.3 Å². The normalized spacial score (nSPS) is 15.6. The molecule has 0 aliphatic carbocycles. The Kier molecular flexibility index (Phi) is 3.36. The standard InChI is InChI=1S/C12H11NO4S/c1-9-2-4-11(5-3-9)18(14,15)17-12-8-16-7-10(12)6-13/h2-5H,7-8H2,1H3. The Labute approximate surface area is 105 Å². The van der Waals surface area contributed by atoms with Gasteiger partial charge in [-0.25, -0.2) is 0 Å². The first-order valence-electron chi connectivity index (χ1n) is 5.24. The highest BCUT2D eigenvalue weighted by molar-refractivity contribution is 7.86. The zero-order valence-electron chi connectivity index (χ0n) is 9.71. The second-order valence-electron chi connectivity index (χ2n) is 3.86. The monoisotopic (exact) mass is 265 g/mol. The van der Waals surface area contributed by atoms with Crippen molar-refractivity contribution in [1.82, 2.24) is 0 Å². The van der Waals surface area contributed by atoms with Crippen LogP contribution in [0.2, 0.25) is 0 Å². The summed E-state index contributed by atoms with van der Waals surface area (Å²) in [5.74, 6) is 0.0677. The topological polar surface area (TPSA) is 76.4 Å². The van der Waals surface area contributed by atoms with Gasteiger partial charge in [-0.3, -0.25) is 0 Å². The second-order valence-corrected chi connectivity index (χ2v) is 5.40. The molecule has 0 aromatic heterocycles. The Balaban J connectivity index is 2.28. The third-order valence-electron chi connectivity index (χ3n) is 2.47. The van der Waals surface area contributed by atoms with Crippen molar-refractivity contribution in [3.05, 3.63) is 41.2 Å². The average molecular weight is 265 g/mol. The summed E-state index contributed by atoms with van der Waals surface area (Å²) in [5, 5.41) is 8.78. The van der Waals surface area contributed by atoms with Gasteiger partial charge in [0.2, 0.25) is 0 Å². The molecule has 0 radical (unpaired) electrons. The van der Waals surface area contributed by atoms with E-state index in [4.69, 9.17) is 14.2 Å². The predicted molar refractivity (Wildman–Crippen MR) is 62.9 cm³/mol. The van der Waals surface area contributed by atoms with Gasteiger partial charge in [0.15, 0.2) is 5.76 Å². The Morgan fingerprint density at radius 3 is 2.56 bits per heavy atom. The number of rotatable bonds is 3. The molecule has 0 atom stereocenters. The molecule has 0 N–H and O–H groups in total. The summed E-state index contributed by atoms with van der Waals surface area (Å²) in [6.45, 7) is 1.96. The fourth-order valence-electron chi connectivity index (χ4n) is 1.47. The molecule has 0 amide bonds. The van der Waals surface area contributed by atoms with E-state index in [9.17, 15) is 8.42 Å². The first-order valence-corrected chi connectivity index (χ1v) is 6.65. The molecule has 0 fully saturated rings. The fourth-order valence-corrected chi connectivity index (χ4v) is 2.45. The Morgan fingerprint density at radius 2 is 1.94 bits per heavy atom. The molecule has 1 heterocycles. The number of benzene rings is 1. The zero-order valence-corrected chi connectivity index (χ0v) is 10.5. The highest BCUT2D eigenvalue weighted by atomic mass is 32.2. The molecule has 1 aromatic rings. The van der Waals surface area contributed by atoms with Gasteiger partial charge in [-0.15, -0.1) is 0 Å². The molecule has 18 heavy (non-hydrogen) atoms. The van der Waals surface area contributed by atoms with Crippen molar-refractivity contribution in [2.45, 2.75) is 11.8 Å². The number of aryl methyl sites for hydroxylation is 1. The van der Waals surface area contributed by atoms with Crippen molar-refractivity contribution >= 4 is 10.1 Å². The van der Waals surface area contributed by atoms with E-state index in [0.29, 0.717) is 0 Å². The highest BCUT2D eigenvalue weighted by Gasteiger charge is 2.24. The molecule has 1 aliphatic rings. The first kappa shape index (κ1) is 12.6. The van der Waals surface area contributed by atoms with Crippen molar-refractivity contribution in [2.75, 3.05) is 13.2 Å². The lowest BCUT2D eigenvalue weighted by molar-refractivity contribution is 0.187. The molecular formula is C12H11NO4S. The lowest BCUT2D eigenvalue weighted by Gasteiger charge is -2.07. The molecule has 2 rings (SSSR count). The van der Waals surface area contributed by atoms with Gasteiger partial charge in [0.05, 0.1) is 12.2 Å². The van der Waals surface area contributed by atoms with Gasteiger partial charge in [0.25, 0.3) is 0 Å². The van der Waals surface area contributed by atoms with Gasteiger partial charge in [-0.2, -0.15) is 13.7 Å². The van der Waals surface area contributed by atoms with Crippen LogP contribution in [0.3, 0.4) is 0 Å². The van der Waals surface area contributed by atoms with Gasteiger partial charge in [0, 0.05) is 0 Å². The summed E-state index contributed by atoms with van der Waals surface area (Å²) >= 11 is 0. The van der Waals surface area contributed by atoms with E-state index in [0.717, 1.165) is 5.56 Å². The third kappa shape index (κ3) is 2.53. The molecule has 0 saturated carbocycles. The molecular weight excluding hydrogens is 254 g/mol. The summed E-state index contributed by atoms with van der Waals surface area (Å²) in [4.78, 5) is 0.0600. The van der Waals surface area contributed by atoms with Crippen LogP contribution in [-0.4, -0.2) is 21.6 Å². The Hall–Kier alpha value is -1.84. The van der Waals surface area contributed by atoms with Crippen molar-refractivity contribution < 1.29 is 17.3 Å². The van der Waals surface area contributed by atoms with Crippen LogP contribution in [0.4, 0.5) is 0 Å². The predicted octanol–water partition coefficient (Wildman–Crippen LogP) is 1.51. The SMILES string of the molecule is Cc1ccc(S(=O)(=O)OC2=C(C#N)COC2)cc1. The Morgan fingerprint density at radius 1 is 1.28 bits per heavy atom. The van der Waals surface area contributed by atoms with Gasteiger partial charge >= 0.3 is 10.1 Å². The van der Waals surface area contributed by atoms with Crippen LogP contribution in [0.15, 0.2) is 40.5 Å². The van der Waals surface area contributed by atoms with Crippen LogP contribution in [0.25, 0.3) is 0 Å². The quantitative estimate of drug-likeness (QED) is 0.774. The molecule has 5 nitrogen and oxygen atoms in total. The van der Waals surface area contributed by atoms with E-state index in [-0.39, 0.29) is 29.4 Å². The highest BCUT2D eigenvalue weighted by Crippen LogP contribution is 2.21. The maximum Gasteiger partial charge on any atom is 0.339 e. The summed E-state index contributed by atoms with van der Waals surface area (Å²) in [6.07, 6.45) is 0. The van der Waals surface area contributed by atoms with Gasteiger partial charge in [0.1, 0.15) is 17.6 Å². The number of ether oxygens (including phenoxy) is 1. The largest absolute Gasteiger partial charge is 0.380 e. The van der Waals surface area contributed by atoms with Crippen molar-refractivity contribution in [2.24, 2.45) is 0 Å². The first-order chi connectivity index (χ1) is 8.53. The third-order valence-corrected chi connectivity index (χ3v) is 3.74. The van der Waals surface area contributed by atoms with Gasteiger partial charge in [-0.05, 0) is 19.1 Å². The van der Waals surface area contributed by atoms with E-state index in [1.807, 2.05) is 13.0 Å². The molecule has 0 bridgehead atoms. The summed E-state index contributed by atoms with van der Waals surface area (Å²) in [5.41, 5.74) is 1.17. The summed E-state index contributed by atoms with van der Waals surface area (Å²) in [6, 6.07) is 8.16. The second kappa shape index (κ2) is 4.80. The maximum absolute atomic E-state index is 11.9. The Bertz CT molecular complexity index is 623. The minimum atomic E-state index is -3.89. The number of nitriles is 1. The van der Waals surface area contributed by atoms with Gasteiger partial charge < -0.3 is 8.92 Å². The molecule has 0 spiro atoms. The molecule has 0 saturated heterocycles. The van der Waals surface area contributed by atoms with Crippen molar-refractivity contribution in [1.29, 1.82) is 5.26 Å². The van der Waals surface area contributed by atoms with Crippen LogP contribution in [-0.2, 0) is 19.0 Å². The molecule has 1 aliphatic heterocycles. The van der Waals surface area contributed by atoms with E-state index in [1.54, 1.807) is 12.1 Å². The minimum absolute atomic E-state index is 0.00792. The van der Waals surface area contributed by atoms with Gasteiger partial charge in [-0.1, -0.05) is 17.7 Å². The summed E-state index contributed by atoms with van der Waals surface area (Å²) < 4.78 is 33.8. The van der Waals surface area contributed by atoms with Crippen LogP contribution < -0.4 is 0 Å². The zero-order chi connectivity index (χ0) is 13.2. The van der Waals surface area contributed by atoms with Crippen LogP contribution >= 0.6 is 0 Å². The number of hydrogen-bond acceptors (Lipinski definition) is 5. The van der Waals surface area contributed by atoms with E-state index in [1.165, 1.54) is 12.1 Å². The van der Waals surface area contributed by atoms with E-state index < -0.39 is 10.1 Å². The number of nitrogens with zero attached hydrogens (tertiary/aromatic N) is 1. The number of hydrogen-bond donors (Lipinski definition) is 0.